The summed E-state index contributed by atoms with van der Waals surface area (Å²) >= 11 is 8.66. The highest BCUT2D eigenvalue weighted by molar-refractivity contribution is 14.1. The fourth-order valence-corrected chi connectivity index (χ4v) is 3.68. The number of carbonyl (C=O) groups excluding carboxylic acids is 1. The van der Waals surface area contributed by atoms with Crippen molar-refractivity contribution in [2.24, 2.45) is 0 Å². The molecule has 0 spiro atoms. The number of allylic oxidation sites excluding steroid dienone is 3. The molecule has 0 aliphatic rings. The lowest BCUT2D eigenvalue weighted by molar-refractivity contribution is -0.117. The normalized spacial score (nSPS) is 12.9. The summed E-state index contributed by atoms with van der Waals surface area (Å²) in [7, 11) is 0. The lowest BCUT2D eigenvalue weighted by atomic mass is 10.1. The molecule has 0 unspecified atom stereocenters. The van der Waals surface area contributed by atoms with Gasteiger partial charge in [-0.25, -0.2) is 4.39 Å². The third-order valence-electron chi connectivity index (χ3n) is 4.44. The van der Waals surface area contributed by atoms with Gasteiger partial charge in [0.15, 0.2) is 0 Å². The van der Waals surface area contributed by atoms with Crippen molar-refractivity contribution in [3.63, 3.8) is 0 Å². The number of nitrogens with zero attached hydrogens (tertiary/aromatic N) is 1. The SMILES string of the molecule is C/C=C(/C(Cl)=C\C(=C/C)C(=O)NCc1ccc(I)cc1F)N(CCC)CCCC. The second-order valence-corrected chi connectivity index (χ2v) is 8.32. The summed E-state index contributed by atoms with van der Waals surface area (Å²) in [5.74, 6) is -0.607. The van der Waals surface area contributed by atoms with Crippen LogP contribution >= 0.6 is 34.2 Å². The Morgan fingerprint density at radius 2 is 1.93 bits per heavy atom. The number of carbonyl (C=O) groups is 1. The smallest absolute Gasteiger partial charge is 0.251 e. The van der Waals surface area contributed by atoms with Crippen LogP contribution in [0.5, 0.6) is 0 Å². The van der Waals surface area contributed by atoms with Crippen molar-refractivity contribution in [2.45, 2.75) is 53.5 Å². The van der Waals surface area contributed by atoms with Crippen LogP contribution in [0.4, 0.5) is 4.39 Å². The Kier molecular flexibility index (Phi) is 12.2. The maximum atomic E-state index is 14.0. The van der Waals surface area contributed by atoms with Crippen molar-refractivity contribution in [1.29, 1.82) is 0 Å². The van der Waals surface area contributed by atoms with Gasteiger partial charge in [-0.3, -0.25) is 4.79 Å². The first-order chi connectivity index (χ1) is 13.9. The Labute approximate surface area is 193 Å². The Morgan fingerprint density at radius 1 is 1.21 bits per heavy atom. The number of halogens is 3. The zero-order valence-electron chi connectivity index (χ0n) is 17.7. The molecule has 0 heterocycles. The Morgan fingerprint density at radius 3 is 2.48 bits per heavy atom. The number of amides is 1. The van der Waals surface area contributed by atoms with Crippen LogP contribution in [-0.2, 0) is 11.3 Å². The molecule has 1 rings (SSSR count). The second kappa shape index (κ2) is 13.8. The Hall–Kier alpha value is -1.34. The first-order valence-corrected chi connectivity index (χ1v) is 11.5. The molecular weight excluding hydrogens is 502 g/mol. The fourth-order valence-electron chi connectivity index (χ4n) is 2.88. The molecule has 0 saturated heterocycles. The number of unbranched alkanes of at least 4 members (excludes halogenated alkanes) is 1. The minimum atomic E-state index is -0.324. The van der Waals surface area contributed by atoms with Gasteiger partial charge < -0.3 is 10.2 Å². The number of hydrogen-bond donors (Lipinski definition) is 1. The van der Waals surface area contributed by atoms with Crippen LogP contribution in [0.25, 0.3) is 0 Å². The first-order valence-electron chi connectivity index (χ1n) is 10.0. The molecule has 1 N–H and O–H groups in total. The van der Waals surface area contributed by atoms with Gasteiger partial charge >= 0.3 is 0 Å². The van der Waals surface area contributed by atoms with Crippen molar-refractivity contribution in [1.82, 2.24) is 10.2 Å². The molecule has 160 valence electrons. The van der Waals surface area contributed by atoms with Crippen LogP contribution in [-0.4, -0.2) is 23.9 Å². The van der Waals surface area contributed by atoms with E-state index in [-0.39, 0.29) is 18.3 Å². The molecule has 1 aromatic carbocycles. The standard InChI is InChI=1S/C23H31ClFIN2O/c1-5-9-13-28(12-6-2)22(8-4)20(24)14-17(7-3)23(29)27-16-18-10-11-19(26)15-21(18)25/h7-8,10-11,14-15H,5-6,9,12-13,16H2,1-4H3,(H,27,29)/b17-7+,20-14+,22-8-. The fraction of sp³-hybridized carbons (Fsp3) is 0.435. The van der Waals surface area contributed by atoms with Crippen molar-refractivity contribution in [3.8, 4) is 0 Å². The van der Waals surface area contributed by atoms with Crippen molar-refractivity contribution in [2.75, 3.05) is 13.1 Å². The van der Waals surface area contributed by atoms with E-state index in [1.165, 1.54) is 6.07 Å². The summed E-state index contributed by atoms with van der Waals surface area (Å²) in [5.41, 5.74) is 1.83. The number of hydrogen-bond acceptors (Lipinski definition) is 2. The van der Waals surface area contributed by atoms with Gasteiger partial charge in [0.1, 0.15) is 5.82 Å². The molecule has 0 saturated carbocycles. The lowest BCUT2D eigenvalue weighted by Gasteiger charge is -2.27. The molecule has 29 heavy (non-hydrogen) atoms. The van der Waals surface area contributed by atoms with Crippen LogP contribution in [0.3, 0.4) is 0 Å². The summed E-state index contributed by atoms with van der Waals surface area (Å²) in [6, 6.07) is 4.95. The van der Waals surface area contributed by atoms with Crippen LogP contribution < -0.4 is 5.32 Å². The maximum absolute atomic E-state index is 14.0. The van der Waals surface area contributed by atoms with Gasteiger partial charge in [-0.05, 0) is 67.5 Å². The third-order valence-corrected chi connectivity index (χ3v) is 5.42. The van der Waals surface area contributed by atoms with Gasteiger partial charge in [-0.2, -0.15) is 0 Å². The summed E-state index contributed by atoms with van der Waals surface area (Å²) in [6.45, 7) is 10.0. The van der Waals surface area contributed by atoms with E-state index in [4.69, 9.17) is 11.6 Å². The van der Waals surface area contributed by atoms with Crippen molar-refractivity contribution in [3.05, 3.63) is 67.7 Å². The highest BCUT2D eigenvalue weighted by Crippen LogP contribution is 2.22. The molecule has 0 radical (unpaired) electrons. The van der Waals surface area contributed by atoms with Gasteiger partial charge in [0.25, 0.3) is 5.91 Å². The Balaban J connectivity index is 2.91. The molecule has 0 bridgehead atoms. The molecule has 0 aromatic heterocycles. The molecule has 1 amide bonds. The third kappa shape index (κ3) is 8.51. The predicted molar refractivity (Wildman–Crippen MR) is 129 cm³/mol. The minimum absolute atomic E-state index is 0.124. The molecule has 1 aromatic rings. The van der Waals surface area contributed by atoms with Crippen molar-refractivity contribution < 1.29 is 9.18 Å². The molecular formula is C23H31ClFIN2O. The van der Waals surface area contributed by atoms with Gasteiger partial charge in [-0.1, -0.05) is 50.1 Å². The number of nitrogens with one attached hydrogen (secondary N) is 1. The zero-order valence-corrected chi connectivity index (χ0v) is 20.6. The van der Waals surface area contributed by atoms with Crippen LogP contribution in [0, 0.1) is 9.39 Å². The molecule has 3 nitrogen and oxygen atoms in total. The lowest BCUT2D eigenvalue weighted by Crippen LogP contribution is -2.26. The van der Waals surface area contributed by atoms with Gasteiger partial charge in [0.05, 0.1) is 10.7 Å². The number of rotatable bonds is 11. The van der Waals surface area contributed by atoms with Crippen molar-refractivity contribution >= 4 is 40.1 Å². The largest absolute Gasteiger partial charge is 0.371 e. The average molecular weight is 533 g/mol. The van der Waals surface area contributed by atoms with E-state index in [2.05, 4.69) is 46.7 Å². The molecule has 6 heteroatoms. The van der Waals surface area contributed by atoms with E-state index >= 15 is 0 Å². The first kappa shape index (κ1) is 25.7. The summed E-state index contributed by atoms with van der Waals surface area (Å²) in [5, 5.41) is 3.30. The highest BCUT2D eigenvalue weighted by atomic mass is 127. The molecule has 0 aliphatic carbocycles. The molecule has 0 atom stereocenters. The quantitative estimate of drug-likeness (QED) is 0.200. The zero-order chi connectivity index (χ0) is 21.8. The van der Waals surface area contributed by atoms with Crippen LogP contribution in [0.2, 0.25) is 0 Å². The minimum Gasteiger partial charge on any atom is -0.371 e. The average Bonchev–Trinajstić information content (AvgIpc) is 2.69. The van der Waals surface area contributed by atoms with Crippen LogP contribution in [0.1, 0.15) is 52.5 Å². The molecule has 0 aliphatic heterocycles. The van der Waals surface area contributed by atoms with Gasteiger partial charge in [0.2, 0.25) is 0 Å². The van der Waals surface area contributed by atoms with Gasteiger partial charge in [0, 0.05) is 34.3 Å². The van der Waals surface area contributed by atoms with Crippen LogP contribution in [0.15, 0.2) is 52.7 Å². The highest BCUT2D eigenvalue weighted by Gasteiger charge is 2.14. The van der Waals surface area contributed by atoms with E-state index in [0.29, 0.717) is 16.2 Å². The second-order valence-electron chi connectivity index (χ2n) is 6.67. The summed E-state index contributed by atoms with van der Waals surface area (Å²) in [4.78, 5) is 14.9. The topological polar surface area (TPSA) is 32.3 Å². The van der Waals surface area contributed by atoms with E-state index in [1.54, 1.807) is 25.1 Å². The Bertz CT molecular complexity index is 774. The summed E-state index contributed by atoms with van der Waals surface area (Å²) in [6.07, 6.45) is 8.59. The maximum Gasteiger partial charge on any atom is 0.251 e. The molecule has 0 fully saturated rings. The van der Waals surface area contributed by atoms with E-state index in [0.717, 1.165) is 41.6 Å². The van der Waals surface area contributed by atoms with Gasteiger partial charge in [-0.15, -0.1) is 0 Å². The van der Waals surface area contributed by atoms with E-state index in [9.17, 15) is 9.18 Å². The monoisotopic (exact) mass is 532 g/mol. The number of benzene rings is 1. The van der Waals surface area contributed by atoms with E-state index < -0.39 is 0 Å². The predicted octanol–water partition coefficient (Wildman–Crippen LogP) is 6.53. The summed E-state index contributed by atoms with van der Waals surface area (Å²) < 4.78 is 14.8. The van der Waals surface area contributed by atoms with E-state index in [1.807, 2.05) is 19.1 Å².